The number of halogens is 1. The Morgan fingerprint density at radius 2 is 1.86 bits per heavy atom. The summed E-state index contributed by atoms with van der Waals surface area (Å²) >= 11 is 0. The molecule has 2 heterocycles. The molecule has 8 nitrogen and oxygen atoms in total. The Hall–Kier alpha value is -2.81. The lowest BCUT2D eigenvalue weighted by Crippen LogP contribution is -2.62. The number of hydrogen-bond donors (Lipinski definition) is 3. The number of amides is 1. The van der Waals surface area contributed by atoms with Gasteiger partial charge in [0.25, 0.3) is 5.91 Å². The second kappa shape index (κ2) is 7.31. The molecule has 0 bridgehead atoms. The summed E-state index contributed by atoms with van der Waals surface area (Å²) in [6.45, 7) is 8.33. The highest BCUT2D eigenvalue weighted by Crippen LogP contribution is 2.28. The van der Waals surface area contributed by atoms with Crippen molar-refractivity contribution in [2.24, 2.45) is 5.10 Å². The second-order valence-electron chi connectivity index (χ2n) is 8.44. The molecule has 28 heavy (non-hydrogen) atoms. The maximum absolute atomic E-state index is 12.9. The molecule has 1 aromatic carbocycles. The quantitative estimate of drug-likeness (QED) is 0.693. The first-order valence-corrected chi connectivity index (χ1v) is 9.12. The van der Waals surface area contributed by atoms with Gasteiger partial charge in [0.1, 0.15) is 5.82 Å². The van der Waals surface area contributed by atoms with Crippen LogP contribution >= 0.6 is 0 Å². The molecule has 3 rings (SSSR count). The first-order valence-electron chi connectivity index (χ1n) is 9.12. The van der Waals surface area contributed by atoms with E-state index in [1.165, 1.54) is 30.5 Å². The molecular weight excluding hydrogens is 363 g/mol. The summed E-state index contributed by atoms with van der Waals surface area (Å²) in [5.41, 5.74) is -0.558. The lowest BCUT2D eigenvalue weighted by molar-refractivity contribution is 0.0867. The van der Waals surface area contributed by atoms with Gasteiger partial charge in [-0.3, -0.25) is 9.59 Å². The van der Waals surface area contributed by atoms with Crippen molar-refractivity contribution >= 4 is 12.1 Å². The van der Waals surface area contributed by atoms with Gasteiger partial charge in [-0.1, -0.05) is 12.1 Å². The molecule has 0 unspecified atom stereocenters. The molecular formula is C19H25FN6O2. The van der Waals surface area contributed by atoms with Crippen LogP contribution in [0.5, 0.6) is 0 Å². The van der Waals surface area contributed by atoms with Gasteiger partial charge < -0.3 is 10.6 Å². The van der Waals surface area contributed by atoms with E-state index >= 15 is 0 Å². The average Bonchev–Trinajstić information content (AvgIpc) is 2.92. The van der Waals surface area contributed by atoms with E-state index in [0.29, 0.717) is 5.56 Å². The fourth-order valence-electron chi connectivity index (χ4n) is 3.87. The third-order valence-corrected chi connectivity index (χ3v) is 4.58. The number of H-pyrrole nitrogens is 1. The van der Waals surface area contributed by atoms with Gasteiger partial charge in [0.15, 0.2) is 0 Å². The van der Waals surface area contributed by atoms with Crippen LogP contribution in [0.4, 0.5) is 4.39 Å². The number of rotatable bonds is 4. The van der Waals surface area contributed by atoms with Gasteiger partial charge in [0.2, 0.25) is 5.69 Å². The number of aromatic nitrogens is 3. The topological polar surface area (TPSA) is 104 Å². The van der Waals surface area contributed by atoms with Crippen LogP contribution in [-0.2, 0) is 0 Å². The van der Waals surface area contributed by atoms with Gasteiger partial charge in [-0.2, -0.15) is 10.3 Å². The molecule has 9 heteroatoms. The molecule has 0 aliphatic carbocycles. The van der Waals surface area contributed by atoms with Gasteiger partial charge in [-0.15, -0.1) is 9.89 Å². The second-order valence-corrected chi connectivity index (χ2v) is 8.44. The van der Waals surface area contributed by atoms with E-state index in [4.69, 9.17) is 0 Å². The molecule has 1 fully saturated rings. The zero-order chi connectivity index (χ0) is 20.5. The van der Waals surface area contributed by atoms with Crippen molar-refractivity contribution in [1.82, 2.24) is 25.7 Å². The molecule has 0 radical (unpaired) electrons. The summed E-state index contributed by atoms with van der Waals surface area (Å²) in [5.74, 6) is -0.894. The molecule has 1 aliphatic heterocycles. The Balaban J connectivity index is 1.71. The van der Waals surface area contributed by atoms with Crippen molar-refractivity contribution in [3.05, 3.63) is 51.7 Å². The maximum atomic E-state index is 12.9. The summed E-state index contributed by atoms with van der Waals surface area (Å²) in [7, 11) is 0. The predicted octanol–water partition coefficient (Wildman–Crippen LogP) is 1.63. The van der Waals surface area contributed by atoms with Gasteiger partial charge in [-0.25, -0.2) is 4.39 Å². The lowest BCUT2D eigenvalue weighted by atomic mass is 9.79. The van der Waals surface area contributed by atoms with Crippen molar-refractivity contribution in [3.8, 4) is 0 Å². The van der Waals surface area contributed by atoms with Crippen molar-refractivity contribution in [2.75, 3.05) is 0 Å². The van der Waals surface area contributed by atoms with E-state index in [2.05, 4.69) is 53.7 Å². The van der Waals surface area contributed by atoms with Gasteiger partial charge >= 0.3 is 5.56 Å². The Kier molecular flexibility index (Phi) is 5.20. The van der Waals surface area contributed by atoms with Crippen LogP contribution in [0.25, 0.3) is 0 Å². The van der Waals surface area contributed by atoms with Crippen LogP contribution in [-0.4, -0.2) is 44.3 Å². The molecule has 0 atom stereocenters. The van der Waals surface area contributed by atoms with Gasteiger partial charge in [0.05, 0.1) is 6.21 Å². The van der Waals surface area contributed by atoms with Crippen molar-refractivity contribution in [1.29, 1.82) is 0 Å². The summed E-state index contributed by atoms with van der Waals surface area (Å²) in [4.78, 5) is 25.8. The monoisotopic (exact) mass is 388 g/mol. The van der Waals surface area contributed by atoms with Crippen LogP contribution in [0.15, 0.2) is 34.2 Å². The van der Waals surface area contributed by atoms with E-state index in [-0.39, 0.29) is 28.6 Å². The molecule has 1 aromatic heterocycles. The fourth-order valence-corrected chi connectivity index (χ4v) is 3.87. The number of nitrogens with one attached hydrogen (secondary N) is 3. The minimum atomic E-state index is -0.650. The molecule has 0 saturated carbocycles. The Bertz CT molecular complexity index is 926. The Morgan fingerprint density at radius 3 is 2.46 bits per heavy atom. The first-order chi connectivity index (χ1) is 13.0. The zero-order valence-electron chi connectivity index (χ0n) is 16.4. The van der Waals surface area contributed by atoms with Crippen LogP contribution in [0.2, 0.25) is 0 Å². The molecule has 150 valence electrons. The van der Waals surface area contributed by atoms with E-state index in [1.807, 2.05) is 0 Å². The molecule has 0 spiro atoms. The lowest BCUT2D eigenvalue weighted by Gasteiger charge is -2.46. The van der Waals surface area contributed by atoms with Crippen LogP contribution in [0.1, 0.15) is 56.6 Å². The SMILES string of the molecule is CC1(C)CC(NC(=O)c2n[nH]n(N=Cc3ccc(F)cc3)c2=O)CC(C)(C)N1. The molecule has 2 aromatic rings. The minimum absolute atomic E-state index is 0.0778. The highest BCUT2D eigenvalue weighted by Gasteiger charge is 2.38. The van der Waals surface area contributed by atoms with Gasteiger partial charge in [0, 0.05) is 17.1 Å². The fraction of sp³-hybridized carbons (Fsp3) is 0.474. The molecule has 1 amide bonds. The Labute approximate surface area is 162 Å². The summed E-state index contributed by atoms with van der Waals surface area (Å²) in [6, 6.07) is 5.55. The smallest absolute Gasteiger partial charge is 0.320 e. The normalized spacial score (nSPS) is 19.0. The van der Waals surface area contributed by atoms with E-state index < -0.39 is 11.5 Å². The van der Waals surface area contributed by atoms with Crippen molar-refractivity contribution < 1.29 is 9.18 Å². The molecule has 1 aliphatic rings. The number of benzene rings is 1. The Morgan fingerprint density at radius 1 is 1.25 bits per heavy atom. The van der Waals surface area contributed by atoms with E-state index in [9.17, 15) is 14.0 Å². The molecule has 1 saturated heterocycles. The number of nitrogens with zero attached hydrogens (tertiary/aromatic N) is 3. The summed E-state index contributed by atoms with van der Waals surface area (Å²) < 4.78 is 12.9. The third kappa shape index (κ3) is 4.72. The predicted molar refractivity (Wildman–Crippen MR) is 104 cm³/mol. The van der Waals surface area contributed by atoms with E-state index in [0.717, 1.165) is 17.6 Å². The van der Waals surface area contributed by atoms with Crippen LogP contribution in [0.3, 0.4) is 0 Å². The third-order valence-electron chi connectivity index (χ3n) is 4.58. The minimum Gasteiger partial charge on any atom is -0.348 e. The number of carbonyl (C=O) groups is 1. The van der Waals surface area contributed by atoms with Crippen LogP contribution < -0.4 is 16.2 Å². The zero-order valence-corrected chi connectivity index (χ0v) is 16.4. The van der Waals surface area contributed by atoms with E-state index in [1.54, 1.807) is 0 Å². The van der Waals surface area contributed by atoms with Crippen molar-refractivity contribution in [3.63, 3.8) is 0 Å². The number of piperidine rings is 1. The number of aromatic amines is 1. The highest BCUT2D eigenvalue weighted by atomic mass is 19.1. The largest absolute Gasteiger partial charge is 0.348 e. The number of carbonyl (C=O) groups excluding carboxylic acids is 1. The summed E-state index contributed by atoms with van der Waals surface area (Å²) in [5, 5.41) is 16.6. The molecule has 3 N–H and O–H groups in total. The van der Waals surface area contributed by atoms with Gasteiger partial charge in [-0.05, 0) is 58.2 Å². The highest BCUT2D eigenvalue weighted by molar-refractivity contribution is 5.92. The maximum Gasteiger partial charge on any atom is 0.320 e. The number of hydrogen-bond acceptors (Lipinski definition) is 5. The first kappa shape index (κ1) is 19.9. The van der Waals surface area contributed by atoms with Crippen LogP contribution in [0, 0.1) is 5.82 Å². The standard InChI is InChI=1S/C19H25FN6O2/c1-18(2)9-14(10-19(3,4)24-18)22-16(27)15-17(28)26(25-23-15)21-11-12-5-7-13(20)8-6-12/h5-8,11,14,24-25H,9-10H2,1-4H3,(H,22,27). The summed E-state index contributed by atoms with van der Waals surface area (Å²) in [6.07, 6.45) is 2.85. The average molecular weight is 388 g/mol. The van der Waals surface area contributed by atoms with Crippen molar-refractivity contribution in [2.45, 2.75) is 57.7 Å².